The molecule has 0 fully saturated rings. The van der Waals surface area contributed by atoms with E-state index in [0.717, 1.165) is 0 Å². The van der Waals surface area contributed by atoms with Crippen molar-refractivity contribution in [1.82, 2.24) is 4.98 Å². The van der Waals surface area contributed by atoms with Gasteiger partial charge in [-0.05, 0) is 6.92 Å². The highest BCUT2D eigenvalue weighted by Gasteiger charge is 2.05. The van der Waals surface area contributed by atoms with Gasteiger partial charge in [0.05, 0.1) is 18.3 Å². The van der Waals surface area contributed by atoms with E-state index in [4.69, 9.17) is 4.74 Å². The average molecular weight is 194 g/mol. The standard InChI is InChI=1S/C6H7NO2S.ClH/c1-2-9-6(8)5-3-7-4-10-5;/h3-4H,2H2,1H3;1H. The molecule has 0 bridgehead atoms. The first kappa shape index (κ1) is 10.4. The van der Waals surface area contributed by atoms with Gasteiger partial charge in [0.15, 0.2) is 0 Å². The molecule has 1 aromatic heterocycles. The summed E-state index contributed by atoms with van der Waals surface area (Å²) in [5.41, 5.74) is 1.60. The molecular weight excluding hydrogens is 186 g/mol. The molecule has 3 nitrogen and oxygen atoms in total. The van der Waals surface area contributed by atoms with Crippen LogP contribution in [0.2, 0.25) is 0 Å². The molecule has 0 atom stereocenters. The van der Waals surface area contributed by atoms with Gasteiger partial charge in [-0.25, -0.2) is 4.79 Å². The maximum absolute atomic E-state index is 10.9. The van der Waals surface area contributed by atoms with Crippen LogP contribution in [0, 0.1) is 0 Å². The third-order valence-electron chi connectivity index (χ3n) is 0.909. The van der Waals surface area contributed by atoms with E-state index in [0.29, 0.717) is 11.5 Å². The van der Waals surface area contributed by atoms with Crippen molar-refractivity contribution in [1.29, 1.82) is 0 Å². The molecule has 5 heteroatoms. The summed E-state index contributed by atoms with van der Waals surface area (Å²) in [6.07, 6.45) is 1.50. The van der Waals surface area contributed by atoms with Crippen LogP contribution < -0.4 is 0 Å². The van der Waals surface area contributed by atoms with Crippen LogP contribution >= 0.6 is 23.7 Å². The number of rotatable bonds is 2. The van der Waals surface area contributed by atoms with Gasteiger partial charge in [0.25, 0.3) is 0 Å². The molecule has 0 saturated carbocycles. The number of halogens is 1. The predicted molar refractivity (Wildman–Crippen MR) is 45.3 cm³/mol. The van der Waals surface area contributed by atoms with Gasteiger partial charge >= 0.3 is 5.97 Å². The van der Waals surface area contributed by atoms with Gasteiger partial charge in [0, 0.05) is 0 Å². The first-order chi connectivity index (χ1) is 4.84. The van der Waals surface area contributed by atoms with Crippen LogP contribution in [0.1, 0.15) is 16.6 Å². The number of hydrogen-bond acceptors (Lipinski definition) is 4. The smallest absolute Gasteiger partial charge is 0.349 e. The zero-order chi connectivity index (χ0) is 7.40. The Bertz CT molecular complexity index is 212. The normalized spacial score (nSPS) is 8.45. The Labute approximate surface area is 74.8 Å². The van der Waals surface area contributed by atoms with Crippen LogP contribution in [0.5, 0.6) is 0 Å². The molecule has 1 rings (SSSR count). The number of aromatic nitrogens is 1. The third kappa shape index (κ3) is 2.86. The van der Waals surface area contributed by atoms with Crippen molar-refractivity contribution in [3.05, 3.63) is 16.6 Å². The van der Waals surface area contributed by atoms with Gasteiger partial charge in [0.1, 0.15) is 4.88 Å². The van der Waals surface area contributed by atoms with Gasteiger partial charge in [0.2, 0.25) is 0 Å². The Morgan fingerprint density at radius 3 is 3.00 bits per heavy atom. The molecule has 0 aliphatic heterocycles. The summed E-state index contributed by atoms with van der Waals surface area (Å²) < 4.78 is 4.72. The monoisotopic (exact) mass is 193 g/mol. The lowest BCUT2D eigenvalue weighted by Gasteiger charge is -1.94. The maximum Gasteiger partial charge on any atom is 0.349 e. The van der Waals surface area contributed by atoms with Crippen molar-refractivity contribution >= 4 is 29.7 Å². The molecule has 0 aliphatic carbocycles. The van der Waals surface area contributed by atoms with Crippen LogP contribution in [-0.2, 0) is 4.74 Å². The highest BCUT2D eigenvalue weighted by molar-refractivity contribution is 7.11. The van der Waals surface area contributed by atoms with Crippen LogP contribution in [0.3, 0.4) is 0 Å². The molecule has 62 valence electrons. The van der Waals surface area contributed by atoms with Crippen LogP contribution in [0.25, 0.3) is 0 Å². The van der Waals surface area contributed by atoms with E-state index in [1.807, 2.05) is 0 Å². The third-order valence-corrected chi connectivity index (χ3v) is 1.66. The molecule has 0 aliphatic rings. The molecule has 0 unspecified atom stereocenters. The summed E-state index contributed by atoms with van der Waals surface area (Å²) in [6, 6.07) is 0. The second-order valence-corrected chi connectivity index (χ2v) is 2.47. The molecule has 1 aromatic rings. The summed E-state index contributed by atoms with van der Waals surface area (Å²) in [4.78, 5) is 15.2. The van der Waals surface area contributed by atoms with Gasteiger partial charge < -0.3 is 4.74 Å². The van der Waals surface area contributed by atoms with Crippen LogP contribution in [0.4, 0.5) is 0 Å². The minimum absolute atomic E-state index is 0. The summed E-state index contributed by atoms with van der Waals surface area (Å²) in [7, 11) is 0. The molecule has 0 radical (unpaired) electrons. The first-order valence-electron chi connectivity index (χ1n) is 2.90. The van der Waals surface area contributed by atoms with Gasteiger partial charge in [-0.3, -0.25) is 4.98 Å². The Kier molecular flexibility index (Phi) is 4.81. The number of carbonyl (C=O) groups excluding carboxylic acids is 1. The summed E-state index contributed by atoms with van der Waals surface area (Å²) in [5, 5.41) is 0. The van der Waals surface area contributed by atoms with Crippen molar-refractivity contribution in [2.75, 3.05) is 6.61 Å². The lowest BCUT2D eigenvalue weighted by Crippen LogP contribution is -2.01. The fourth-order valence-electron chi connectivity index (χ4n) is 0.519. The van der Waals surface area contributed by atoms with E-state index in [-0.39, 0.29) is 18.4 Å². The van der Waals surface area contributed by atoms with Gasteiger partial charge in [-0.2, -0.15) is 0 Å². The van der Waals surface area contributed by atoms with Gasteiger partial charge in [-0.1, -0.05) is 0 Å². The quantitative estimate of drug-likeness (QED) is 0.672. The molecule has 1 heterocycles. The number of esters is 1. The lowest BCUT2D eigenvalue weighted by molar-refractivity contribution is 0.0532. The minimum atomic E-state index is -0.287. The van der Waals surface area contributed by atoms with Crippen molar-refractivity contribution in [3.63, 3.8) is 0 Å². The molecule has 0 saturated heterocycles. The van der Waals surface area contributed by atoms with Crippen molar-refractivity contribution < 1.29 is 9.53 Å². The fourth-order valence-corrected chi connectivity index (χ4v) is 1.03. The van der Waals surface area contributed by atoms with E-state index < -0.39 is 0 Å². The van der Waals surface area contributed by atoms with Crippen molar-refractivity contribution in [3.8, 4) is 0 Å². The molecule has 0 amide bonds. The highest BCUT2D eigenvalue weighted by atomic mass is 35.5. The zero-order valence-corrected chi connectivity index (χ0v) is 7.58. The van der Waals surface area contributed by atoms with E-state index in [2.05, 4.69) is 4.98 Å². The Balaban J connectivity index is 0.000001000. The number of nitrogens with zero attached hydrogens (tertiary/aromatic N) is 1. The number of carbonyl (C=O) groups is 1. The Morgan fingerprint density at radius 2 is 2.55 bits per heavy atom. The molecule has 11 heavy (non-hydrogen) atoms. The number of ether oxygens (including phenoxy) is 1. The first-order valence-corrected chi connectivity index (χ1v) is 3.78. The zero-order valence-electron chi connectivity index (χ0n) is 5.94. The number of thiazole rings is 1. The van der Waals surface area contributed by atoms with E-state index in [9.17, 15) is 4.79 Å². The Hall–Kier alpha value is -0.610. The summed E-state index contributed by atoms with van der Waals surface area (Å²) in [5.74, 6) is -0.287. The van der Waals surface area contributed by atoms with E-state index in [1.165, 1.54) is 17.5 Å². The highest BCUT2D eigenvalue weighted by Crippen LogP contribution is 2.06. The number of hydrogen-bond donors (Lipinski definition) is 0. The second-order valence-electron chi connectivity index (χ2n) is 1.59. The molecule has 0 aromatic carbocycles. The summed E-state index contributed by atoms with van der Waals surface area (Å²) in [6.45, 7) is 2.19. The molecule has 0 N–H and O–H groups in total. The van der Waals surface area contributed by atoms with E-state index >= 15 is 0 Å². The van der Waals surface area contributed by atoms with Gasteiger partial charge in [-0.15, -0.1) is 23.7 Å². The van der Waals surface area contributed by atoms with Crippen LogP contribution in [-0.4, -0.2) is 17.6 Å². The maximum atomic E-state index is 10.9. The lowest BCUT2D eigenvalue weighted by atomic mass is 10.6. The SMILES string of the molecule is CCOC(=O)c1cncs1.Cl. The molecular formula is C6H8ClNO2S. The van der Waals surface area contributed by atoms with E-state index in [1.54, 1.807) is 12.4 Å². The minimum Gasteiger partial charge on any atom is -0.462 e. The molecule has 0 spiro atoms. The van der Waals surface area contributed by atoms with Crippen molar-refractivity contribution in [2.45, 2.75) is 6.92 Å². The topological polar surface area (TPSA) is 39.2 Å². The predicted octanol–water partition coefficient (Wildman–Crippen LogP) is 1.74. The largest absolute Gasteiger partial charge is 0.462 e. The second kappa shape index (κ2) is 5.09. The Morgan fingerprint density at radius 1 is 1.82 bits per heavy atom. The summed E-state index contributed by atoms with van der Waals surface area (Å²) >= 11 is 1.29. The van der Waals surface area contributed by atoms with Crippen molar-refractivity contribution in [2.24, 2.45) is 0 Å². The van der Waals surface area contributed by atoms with Crippen LogP contribution in [0.15, 0.2) is 11.7 Å². The average Bonchev–Trinajstić information content (AvgIpc) is 2.38. The fraction of sp³-hybridized carbons (Fsp3) is 0.333.